The van der Waals surface area contributed by atoms with E-state index < -0.39 is 0 Å². The molecule has 1 N–H and O–H groups in total. The summed E-state index contributed by atoms with van der Waals surface area (Å²) in [5.74, 6) is 0. The maximum absolute atomic E-state index is 12.5. The lowest BCUT2D eigenvalue weighted by atomic mass is 10.3. The number of nitrogens with one attached hydrogen (secondary N) is 1. The maximum atomic E-state index is 12.5. The van der Waals surface area contributed by atoms with Gasteiger partial charge >= 0.3 is 0 Å². The van der Waals surface area contributed by atoms with Crippen LogP contribution in [-0.2, 0) is 0 Å². The van der Waals surface area contributed by atoms with E-state index in [1.807, 2.05) is 54.9 Å². The number of H-pyrrole nitrogens is 1. The fraction of sp³-hybridized carbons (Fsp3) is 0. The van der Waals surface area contributed by atoms with Gasteiger partial charge in [0, 0.05) is 11.6 Å². The quantitative estimate of drug-likeness (QED) is 0.527. The summed E-state index contributed by atoms with van der Waals surface area (Å²) in [6.07, 6.45) is 5.58. The Balaban J connectivity index is 2.06. The lowest BCUT2D eigenvalue weighted by Crippen LogP contribution is -2.22. The molecule has 96 valence electrons. The first-order valence-corrected chi connectivity index (χ1v) is 7.02. The summed E-state index contributed by atoms with van der Waals surface area (Å²) in [4.78, 5) is 20.7. The minimum Gasteiger partial charge on any atom is -0.267 e. The van der Waals surface area contributed by atoms with Crippen LogP contribution in [0, 0.1) is 0 Å². The highest BCUT2D eigenvalue weighted by Gasteiger charge is 2.10. The van der Waals surface area contributed by atoms with Crippen LogP contribution in [0.4, 0.5) is 0 Å². The highest BCUT2D eigenvalue weighted by atomic mass is 32.1. The fourth-order valence-electron chi connectivity index (χ4n) is 2.26. The van der Waals surface area contributed by atoms with Crippen molar-refractivity contribution in [3.8, 4) is 0 Å². The highest BCUT2D eigenvalue weighted by Crippen LogP contribution is 2.15. The van der Waals surface area contributed by atoms with Crippen molar-refractivity contribution in [3.63, 3.8) is 0 Å². The molecule has 0 aliphatic carbocycles. The van der Waals surface area contributed by atoms with Gasteiger partial charge in [-0.25, -0.2) is 14.4 Å². The summed E-state index contributed by atoms with van der Waals surface area (Å²) in [6, 6.07) is 11.5. The molecule has 0 spiro atoms. The molecule has 1 aromatic carbocycles. The van der Waals surface area contributed by atoms with Gasteiger partial charge in [0.2, 0.25) is 0 Å². The number of aromatic nitrogens is 3. The number of aromatic amines is 1. The number of imidazole rings is 1. The normalized spacial score (nSPS) is 12.5. The molecule has 3 heterocycles. The van der Waals surface area contributed by atoms with Crippen molar-refractivity contribution < 1.29 is 4.98 Å². The van der Waals surface area contributed by atoms with Gasteiger partial charge in [0.25, 0.3) is 5.56 Å². The van der Waals surface area contributed by atoms with Crippen molar-refractivity contribution in [2.45, 2.75) is 0 Å². The van der Waals surface area contributed by atoms with Crippen molar-refractivity contribution in [2.24, 2.45) is 0 Å². The van der Waals surface area contributed by atoms with Crippen LogP contribution >= 0.6 is 11.3 Å². The van der Waals surface area contributed by atoms with E-state index in [2.05, 4.69) is 9.97 Å². The minimum absolute atomic E-state index is 0.0115. The van der Waals surface area contributed by atoms with Crippen molar-refractivity contribution in [2.75, 3.05) is 0 Å². The molecule has 0 unspecified atom stereocenters. The Hall–Kier alpha value is -2.53. The van der Waals surface area contributed by atoms with Crippen molar-refractivity contribution >= 4 is 33.4 Å². The second-order valence-corrected chi connectivity index (χ2v) is 5.48. The molecule has 4 aromatic rings. The average Bonchev–Trinajstić information content (AvgIpc) is 2.98. The molecule has 5 heteroatoms. The third-order valence-electron chi connectivity index (χ3n) is 3.17. The van der Waals surface area contributed by atoms with Crippen LogP contribution in [-0.4, -0.2) is 9.38 Å². The smallest absolute Gasteiger partial charge is 0.267 e. The number of fused-ring (bicyclic) bond motifs is 3. The highest BCUT2D eigenvalue weighted by molar-refractivity contribution is 7.15. The number of rotatable bonds is 1. The predicted octanol–water partition coefficient (Wildman–Crippen LogP) is 1.27. The molecule has 0 fully saturated rings. The van der Waals surface area contributed by atoms with E-state index in [4.69, 9.17) is 0 Å². The zero-order chi connectivity index (χ0) is 13.5. The number of hydrogen-bond acceptors (Lipinski definition) is 3. The maximum Gasteiger partial charge on any atom is 0.274 e. The molecular formula is C15H10N3OS+. The summed E-state index contributed by atoms with van der Waals surface area (Å²) in [5, 5.41) is 0. The van der Waals surface area contributed by atoms with Gasteiger partial charge in [0.15, 0.2) is 17.4 Å². The summed E-state index contributed by atoms with van der Waals surface area (Å²) in [7, 11) is 0. The summed E-state index contributed by atoms with van der Waals surface area (Å²) < 4.78 is 2.37. The molecule has 0 bridgehead atoms. The van der Waals surface area contributed by atoms with Gasteiger partial charge in [-0.1, -0.05) is 23.5 Å². The standard InChI is InChI=1S/C15H9N3OS/c19-14-13(8-10-4-3-7-16-9-10)20-15-17-11-5-1-2-6-12(11)18(14)15/h1-9H/p+1. The molecule has 20 heavy (non-hydrogen) atoms. The number of pyridine rings is 1. The second-order valence-electron chi connectivity index (χ2n) is 4.47. The largest absolute Gasteiger partial charge is 0.274 e. The Morgan fingerprint density at radius 2 is 2.10 bits per heavy atom. The topological polar surface area (TPSA) is 48.5 Å². The van der Waals surface area contributed by atoms with Gasteiger partial charge < -0.3 is 0 Å². The average molecular weight is 280 g/mol. The van der Waals surface area contributed by atoms with Gasteiger partial charge in [0.05, 0.1) is 15.6 Å². The first-order chi connectivity index (χ1) is 9.83. The van der Waals surface area contributed by atoms with Gasteiger partial charge in [-0.05, 0) is 24.3 Å². The molecule has 0 radical (unpaired) electrons. The first kappa shape index (κ1) is 11.3. The van der Waals surface area contributed by atoms with Crippen LogP contribution in [0.5, 0.6) is 0 Å². The minimum atomic E-state index is -0.0115. The van der Waals surface area contributed by atoms with Gasteiger partial charge in [-0.15, -0.1) is 0 Å². The van der Waals surface area contributed by atoms with Gasteiger partial charge in [-0.2, -0.15) is 0 Å². The van der Waals surface area contributed by atoms with Crippen molar-refractivity contribution in [1.29, 1.82) is 0 Å². The van der Waals surface area contributed by atoms with Crippen LogP contribution in [0.25, 0.3) is 22.1 Å². The second kappa shape index (κ2) is 4.25. The van der Waals surface area contributed by atoms with E-state index in [9.17, 15) is 4.79 Å². The van der Waals surface area contributed by atoms with E-state index in [1.165, 1.54) is 11.3 Å². The molecule has 0 saturated heterocycles. The molecule has 4 nitrogen and oxygen atoms in total. The predicted molar refractivity (Wildman–Crippen MR) is 78.6 cm³/mol. The lowest BCUT2D eigenvalue weighted by molar-refractivity contribution is -0.378. The zero-order valence-corrected chi connectivity index (χ0v) is 11.2. The number of nitrogens with zero attached hydrogens (tertiary/aromatic N) is 2. The molecule has 0 atom stereocenters. The van der Waals surface area contributed by atoms with Crippen LogP contribution in [0.15, 0.2) is 53.6 Å². The lowest BCUT2D eigenvalue weighted by Gasteiger charge is -1.87. The Morgan fingerprint density at radius 3 is 2.95 bits per heavy atom. The van der Waals surface area contributed by atoms with Gasteiger partial charge in [-0.3, -0.25) is 4.79 Å². The Labute approximate surface area is 117 Å². The van der Waals surface area contributed by atoms with E-state index in [0.29, 0.717) is 4.53 Å². The zero-order valence-electron chi connectivity index (χ0n) is 10.4. The number of thiazole rings is 1. The fourth-order valence-corrected chi connectivity index (χ4v) is 3.25. The summed E-state index contributed by atoms with van der Waals surface area (Å²) in [5.41, 5.74) is 2.68. The van der Waals surface area contributed by atoms with Crippen LogP contribution in [0.2, 0.25) is 0 Å². The van der Waals surface area contributed by atoms with E-state index in [1.54, 1.807) is 4.40 Å². The third kappa shape index (κ3) is 1.64. The van der Waals surface area contributed by atoms with Crippen LogP contribution in [0.1, 0.15) is 5.56 Å². The molecule has 4 rings (SSSR count). The number of hydrogen-bond donors (Lipinski definition) is 0. The van der Waals surface area contributed by atoms with E-state index in [-0.39, 0.29) is 5.56 Å². The molecule has 0 saturated carbocycles. The molecule has 0 aliphatic heterocycles. The monoisotopic (exact) mass is 280 g/mol. The molecule has 3 aromatic heterocycles. The third-order valence-corrected chi connectivity index (χ3v) is 4.14. The Kier molecular flexibility index (Phi) is 2.40. The summed E-state index contributed by atoms with van der Waals surface area (Å²) >= 11 is 1.41. The SMILES string of the molecule is O=c1c(=Cc2ccc[nH+]c2)sc2nc3ccccc3n12. The van der Waals surface area contributed by atoms with Crippen molar-refractivity contribution in [3.05, 3.63) is 69.2 Å². The molecule has 0 aliphatic rings. The summed E-state index contributed by atoms with van der Waals surface area (Å²) in [6.45, 7) is 0. The van der Waals surface area contributed by atoms with Crippen LogP contribution < -0.4 is 15.1 Å². The van der Waals surface area contributed by atoms with Gasteiger partial charge in [0.1, 0.15) is 0 Å². The number of para-hydroxylation sites is 2. The van der Waals surface area contributed by atoms with Crippen molar-refractivity contribution in [1.82, 2.24) is 9.38 Å². The molecule has 0 amide bonds. The number of benzene rings is 1. The Bertz CT molecular complexity index is 1020. The molecular weight excluding hydrogens is 270 g/mol. The van der Waals surface area contributed by atoms with E-state index >= 15 is 0 Å². The van der Waals surface area contributed by atoms with Crippen LogP contribution in [0.3, 0.4) is 0 Å². The van der Waals surface area contributed by atoms with E-state index in [0.717, 1.165) is 21.6 Å². The Morgan fingerprint density at radius 1 is 1.20 bits per heavy atom. The first-order valence-electron chi connectivity index (χ1n) is 6.21.